The second kappa shape index (κ2) is 7.58. The van der Waals surface area contributed by atoms with Crippen LogP contribution in [-0.4, -0.2) is 18.2 Å². The monoisotopic (exact) mass is 310 g/mol. The lowest BCUT2D eigenvalue weighted by atomic mass is 10.1. The predicted molar refractivity (Wildman–Crippen MR) is 92.9 cm³/mol. The Morgan fingerprint density at radius 1 is 1.04 bits per heavy atom. The zero-order valence-electron chi connectivity index (χ0n) is 14.0. The smallest absolute Gasteiger partial charge is 0.277 e. The van der Waals surface area contributed by atoms with Crippen LogP contribution in [0.2, 0.25) is 0 Å². The molecule has 1 amide bonds. The van der Waals surface area contributed by atoms with E-state index in [0.717, 1.165) is 28.2 Å². The number of aryl methyl sites for hydroxylation is 3. The molecule has 0 aliphatic carbocycles. The molecule has 0 saturated heterocycles. The molecule has 1 N–H and O–H groups in total. The molecule has 2 aromatic rings. The molecule has 4 nitrogen and oxygen atoms in total. The van der Waals surface area contributed by atoms with Crippen molar-refractivity contribution in [1.29, 1.82) is 0 Å². The van der Waals surface area contributed by atoms with E-state index < -0.39 is 0 Å². The van der Waals surface area contributed by atoms with Gasteiger partial charge in [0.15, 0.2) is 6.61 Å². The lowest BCUT2D eigenvalue weighted by Gasteiger charge is -2.09. The number of carbonyl (C=O) groups is 1. The van der Waals surface area contributed by atoms with Gasteiger partial charge in [0.25, 0.3) is 5.91 Å². The minimum Gasteiger partial charge on any atom is -0.483 e. The summed E-state index contributed by atoms with van der Waals surface area (Å²) < 4.78 is 5.55. The number of carbonyl (C=O) groups excluding carboxylic acids is 1. The van der Waals surface area contributed by atoms with Crippen molar-refractivity contribution < 1.29 is 9.53 Å². The molecule has 0 fully saturated rings. The van der Waals surface area contributed by atoms with Crippen LogP contribution in [0.25, 0.3) is 0 Å². The zero-order valence-corrected chi connectivity index (χ0v) is 14.0. The van der Waals surface area contributed by atoms with Crippen LogP contribution in [0.15, 0.2) is 47.6 Å². The van der Waals surface area contributed by atoms with Gasteiger partial charge in [-0.25, -0.2) is 5.43 Å². The SMILES string of the molecule is C/C(=N/NC(=O)COc1cc(C)ccc1C)c1ccc(C)cc1. The van der Waals surface area contributed by atoms with Gasteiger partial charge in [0.05, 0.1) is 5.71 Å². The summed E-state index contributed by atoms with van der Waals surface area (Å²) in [5.41, 5.74) is 7.54. The molecule has 0 aliphatic heterocycles. The molecule has 0 aliphatic rings. The van der Waals surface area contributed by atoms with Crippen LogP contribution in [-0.2, 0) is 4.79 Å². The zero-order chi connectivity index (χ0) is 16.8. The fourth-order valence-corrected chi connectivity index (χ4v) is 2.04. The molecule has 0 unspecified atom stereocenters. The van der Waals surface area contributed by atoms with Crippen LogP contribution in [0.3, 0.4) is 0 Å². The maximum atomic E-state index is 11.9. The molecular weight excluding hydrogens is 288 g/mol. The van der Waals surface area contributed by atoms with Gasteiger partial charge in [0.2, 0.25) is 0 Å². The first-order valence-electron chi connectivity index (χ1n) is 7.56. The van der Waals surface area contributed by atoms with Crippen LogP contribution in [0.4, 0.5) is 0 Å². The van der Waals surface area contributed by atoms with E-state index >= 15 is 0 Å². The summed E-state index contributed by atoms with van der Waals surface area (Å²) in [7, 11) is 0. The fraction of sp³-hybridized carbons (Fsp3) is 0.263. The second-order valence-corrected chi connectivity index (χ2v) is 5.66. The summed E-state index contributed by atoms with van der Waals surface area (Å²) in [6.07, 6.45) is 0. The molecule has 0 spiro atoms. The van der Waals surface area contributed by atoms with Crippen molar-refractivity contribution in [3.8, 4) is 5.75 Å². The summed E-state index contributed by atoms with van der Waals surface area (Å²) in [5, 5.41) is 4.11. The van der Waals surface area contributed by atoms with Crippen LogP contribution in [0, 0.1) is 20.8 Å². The third-order valence-corrected chi connectivity index (χ3v) is 3.52. The summed E-state index contributed by atoms with van der Waals surface area (Å²) in [4.78, 5) is 11.9. The van der Waals surface area contributed by atoms with Gasteiger partial charge in [0.1, 0.15) is 5.75 Å². The van der Waals surface area contributed by atoms with Crippen LogP contribution >= 0.6 is 0 Å². The van der Waals surface area contributed by atoms with Gasteiger partial charge >= 0.3 is 0 Å². The topological polar surface area (TPSA) is 50.7 Å². The molecule has 2 aromatic carbocycles. The summed E-state index contributed by atoms with van der Waals surface area (Å²) >= 11 is 0. The predicted octanol–water partition coefficient (Wildman–Crippen LogP) is 3.53. The highest BCUT2D eigenvalue weighted by Gasteiger charge is 2.05. The molecule has 2 rings (SSSR count). The van der Waals surface area contributed by atoms with E-state index in [-0.39, 0.29) is 12.5 Å². The maximum Gasteiger partial charge on any atom is 0.277 e. The summed E-state index contributed by atoms with van der Waals surface area (Å²) in [6.45, 7) is 7.77. The number of nitrogens with zero attached hydrogens (tertiary/aromatic N) is 1. The average molecular weight is 310 g/mol. The normalized spacial score (nSPS) is 11.2. The van der Waals surface area contributed by atoms with Gasteiger partial charge in [-0.3, -0.25) is 4.79 Å². The van der Waals surface area contributed by atoms with Crippen molar-refractivity contribution in [3.63, 3.8) is 0 Å². The first-order valence-corrected chi connectivity index (χ1v) is 7.56. The summed E-state index contributed by atoms with van der Waals surface area (Å²) in [5.74, 6) is 0.441. The minimum atomic E-state index is -0.280. The molecule has 23 heavy (non-hydrogen) atoms. The lowest BCUT2D eigenvalue weighted by Crippen LogP contribution is -2.25. The number of ether oxygens (including phenoxy) is 1. The molecule has 0 aromatic heterocycles. The quantitative estimate of drug-likeness (QED) is 0.678. The van der Waals surface area contributed by atoms with Crippen molar-refractivity contribution in [2.24, 2.45) is 5.10 Å². The fourth-order valence-electron chi connectivity index (χ4n) is 2.04. The number of benzene rings is 2. The second-order valence-electron chi connectivity index (χ2n) is 5.66. The van der Waals surface area contributed by atoms with Gasteiger partial charge < -0.3 is 4.74 Å². The van der Waals surface area contributed by atoms with E-state index in [1.54, 1.807) is 0 Å². The minimum absolute atomic E-state index is 0.0605. The Labute approximate surface area is 137 Å². The number of nitrogens with one attached hydrogen (secondary N) is 1. The Hall–Kier alpha value is -2.62. The van der Waals surface area contributed by atoms with E-state index in [1.807, 2.05) is 70.2 Å². The molecule has 4 heteroatoms. The molecule has 0 atom stereocenters. The van der Waals surface area contributed by atoms with E-state index in [4.69, 9.17) is 4.74 Å². The van der Waals surface area contributed by atoms with Crippen molar-refractivity contribution in [3.05, 3.63) is 64.7 Å². The Morgan fingerprint density at radius 2 is 1.70 bits per heavy atom. The Balaban J connectivity index is 1.90. The van der Waals surface area contributed by atoms with Crippen LogP contribution in [0.5, 0.6) is 5.75 Å². The first kappa shape index (κ1) is 16.7. The third kappa shape index (κ3) is 4.95. The van der Waals surface area contributed by atoms with Crippen molar-refractivity contribution in [1.82, 2.24) is 5.43 Å². The molecule has 120 valence electrons. The van der Waals surface area contributed by atoms with Crippen molar-refractivity contribution in [2.75, 3.05) is 6.61 Å². The molecular formula is C19H22N2O2. The van der Waals surface area contributed by atoms with Gasteiger partial charge in [-0.1, -0.05) is 42.0 Å². The average Bonchev–Trinajstić information content (AvgIpc) is 2.54. The van der Waals surface area contributed by atoms with Crippen LogP contribution in [0.1, 0.15) is 29.2 Å². The van der Waals surface area contributed by atoms with E-state index in [0.29, 0.717) is 0 Å². The van der Waals surface area contributed by atoms with Crippen molar-refractivity contribution in [2.45, 2.75) is 27.7 Å². The maximum absolute atomic E-state index is 11.9. The standard InChI is InChI=1S/C19H22N2O2/c1-13-6-9-17(10-7-13)16(4)20-21-19(22)12-23-18-11-14(2)5-8-15(18)3/h5-11H,12H2,1-4H3,(H,21,22)/b20-16-. The molecule has 0 radical (unpaired) electrons. The largest absolute Gasteiger partial charge is 0.483 e. The third-order valence-electron chi connectivity index (χ3n) is 3.52. The van der Waals surface area contributed by atoms with Crippen molar-refractivity contribution >= 4 is 11.6 Å². The molecule has 0 heterocycles. The van der Waals surface area contributed by atoms with Gasteiger partial charge in [0, 0.05) is 0 Å². The molecule has 0 bridgehead atoms. The highest BCUT2D eigenvalue weighted by Crippen LogP contribution is 2.18. The van der Waals surface area contributed by atoms with E-state index in [2.05, 4.69) is 10.5 Å². The highest BCUT2D eigenvalue weighted by molar-refractivity contribution is 5.99. The van der Waals surface area contributed by atoms with Gasteiger partial charge in [-0.2, -0.15) is 5.10 Å². The van der Waals surface area contributed by atoms with E-state index in [9.17, 15) is 4.79 Å². The number of hydrogen-bond donors (Lipinski definition) is 1. The Bertz CT molecular complexity index is 719. The van der Waals surface area contributed by atoms with Gasteiger partial charge in [-0.15, -0.1) is 0 Å². The number of rotatable bonds is 5. The molecule has 0 saturated carbocycles. The highest BCUT2D eigenvalue weighted by atomic mass is 16.5. The Kier molecular flexibility index (Phi) is 5.52. The van der Waals surface area contributed by atoms with Gasteiger partial charge in [-0.05, 0) is 50.5 Å². The first-order chi connectivity index (χ1) is 11.0. The number of amides is 1. The van der Waals surface area contributed by atoms with E-state index in [1.165, 1.54) is 5.56 Å². The number of hydrogen-bond acceptors (Lipinski definition) is 3. The lowest BCUT2D eigenvalue weighted by molar-refractivity contribution is -0.123. The van der Waals surface area contributed by atoms with Crippen LogP contribution < -0.4 is 10.2 Å². The number of hydrazone groups is 1. The summed E-state index contributed by atoms with van der Waals surface area (Å²) in [6, 6.07) is 13.9. The Morgan fingerprint density at radius 3 is 2.39 bits per heavy atom.